The molecule has 0 radical (unpaired) electrons. The number of aliphatic imine (C=N–C) groups is 1. The molecule has 4 rings (SSSR count). The van der Waals surface area contributed by atoms with Gasteiger partial charge < -0.3 is 19.7 Å². The SMILES string of the molecule is C=C1C=C(Oc2ccc(NC(=N/C=C/CC)c3c(C)cc4c(c3F)N(CCCC)CC(C)CO4)cc2C)C=CN1/N=C\C.CSF. The van der Waals surface area contributed by atoms with Crippen molar-refractivity contribution in [3.05, 3.63) is 95.4 Å². The summed E-state index contributed by atoms with van der Waals surface area (Å²) < 4.78 is 39.1. The molecule has 0 saturated heterocycles. The molecule has 10 heteroatoms. The van der Waals surface area contributed by atoms with E-state index >= 15 is 4.39 Å². The van der Waals surface area contributed by atoms with Crippen LogP contribution in [0.4, 0.5) is 19.7 Å². The third-order valence-electron chi connectivity index (χ3n) is 7.23. The van der Waals surface area contributed by atoms with Crippen molar-refractivity contribution in [3.63, 3.8) is 0 Å². The maximum Gasteiger partial charge on any atom is 0.161 e. The number of unbranched alkanes of at least 4 members (excludes halogenated alkanes) is 1. The molecule has 2 heterocycles. The van der Waals surface area contributed by atoms with E-state index in [-0.39, 0.29) is 23.9 Å². The van der Waals surface area contributed by atoms with Crippen molar-refractivity contribution in [1.82, 2.24) is 5.01 Å². The molecule has 0 spiro atoms. The molecule has 2 aliphatic heterocycles. The average Bonchev–Trinajstić information content (AvgIpc) is 3.17. The van der Waals surface area contributed by atoms with Crippen LogP contribution in [0.25, 0.3) is 0 Å². The number of hydrogen-bond donors (Lipinski definition) is 1. The molecule has 1 unspecified atom stereocenters. The Bertz CT molecular complexity index is 1500. The number of rotatable bonds is 10. The summed E-state index contributed by atoms with van der Waals surface area (Å²) in [6.07, 6.45) is 15.1. The number of allylic oxidation sites excluding steroid dienone is 3. The summed E-state index contributed by atoms with van der Waals surface area (Å²) in [4.78, 5) is 6.84. The van der Waals surface area contributed by atoms with Crippen LogP contribution >= 0.6 is 12.1 Å². The molecule has 0 fully saturated rings. The highest BCUT2D eigenvalue weighted by atomic mass is 32.2. The van der Waals surface area contributed by atoms with Gasteiger partial charge in [-0.25, -0.2) is 14.4 Å². The Labute approximate surface area is 277 Å². The van der Waals surface area contributed by atoms with Crippen LogP contribution in [-0.2, 0) is 0 Å². The fraction of sp³-hybridized carbons (Fsp3) is 0.389. The van der Waals surface area contributed by atoms with E-state index in [1.54, 1.807) is 17.4 Å². The third kappa shape index (κ3) is 9.72. The van der Waals surface area contributed by atoms with Gasteiger partial charge in [0, 0.05) is 67.8 Å². The van der Waals surface area contributed by atoms with E-state index in [1.807, 2.05) is 76.4 Å². The van der Waals surface area contributed by atoms with Gasteiger partial charge in [-0.1, -0.05) is 39.8 Å². The van der Waals surface area contributed by atoms with E-state index in [4.69, 9.17) is 14.5 Å². The third-order valence-corrected chi connectivity index (χ3v) is 7.23. The Morgan fingerprint density at radius 3 is 2.65 bits per heavy atom. The number of anilines is 2. The van der Waals surface area contributed by atoms with Crippen LogP contribution in [0.1, 0.15) is 63.6 Å². The van der Waals surface area contributed by atoms with Crippen LogP contribution in [0, 0.1) is 25.6 Å². The summed E-state index contributed by atoms with van der Waals surface area (Å²) in [7, 11) is 0. The average molecular weight is 652 g/mol. The standard InChI is InChI=1S/C35H44FN5O2.CH3FS/c1-8-11-16-37-35(32-26(6)20-31-34(33(32)36)40(17-12-9-2)22-24(4)23-42-31)39-28-13-14-30(25(5)19-28)43-29-15-18-41(38-10-3)27(7)21-29;1-3-2/h10-11,13-16,18-21,24H,7-9,12,17,22-23H2,1-6H3,(H,37,39);1H3/b16-11+,38-10-;. The quantitative estimate of drug-likeness (QED) is 0.204. The molecule has 0 bridgehead atoms. The number of aryl methyl sites for hydroxylation is 2. The number of hydrogen-bond acceptors (Lipinski definition) is 7. The molecular weight excluding hydrogens is 604 g/mol. The van der Waals surface area contributed by atoms with Gasteiger partial charge in [-0.15, -0.1) is 0 Å². The largest absolute Gasteiger partial charge is 0.491 e. The molecule has 0 saturated carbocycles. The van der Waals surface area contributed by atoms with Gasteiger partial charge in [0.2, 0.25) is 0 Å². The Morgan fingerprint density at radius 1 is 1.24 bits per heavy atom. The molecule has 248 valence electrons. The molecule has 2 aliphatic rings. The lowest BCUT2D eigenvalue weighted by molar-refractivity contribution is 0.273. The van der Waals surface area contributed by atoms with Crippen LogP contribution in [0.5, 0.6) is 11.5 Å². The molecule has 2 aromatic rings. The van der Waals surface area contributed by atoms with Gasteiger partial charge in [0.15, 0.2) is 5.82 Å². The van der Waals surface area contributed by atoms with E-state index in [0.29, 0.717) is 46.6 Å². The Morgan fingerprint density at radius 2 is 2.00 bits per heavy atom. The zero-order valence-electron chi connectivity index (χ0n) is 28.1. The molecular formula is C36H47F2N5O2S. The summed E-state index contributed by atoms with van der Waals surface area (Å²) in [6, 6.07) is 7.72. The fourth-order valence-corrected chi connectivity index (χ4v) is 5.05. The minimum Gasteiger partial charge on any atom is -0.491 e. The van der Waals surface area contributed by atoms with Gasteiger partial charge in [0.25, 0.3) is 0 Å². The van der Waals surface area contributed by atoms with Gasteiger partial charge in [-0.05, 0) is 75.1 Å². The van der Waals surface area contributed by atoms with Gasteiger partial charge in [-0.2, -0.15) is 8.99 Å². The summed E-state index contributed by atoms with van der Waals surface area (Å²) in [5.74, 6) is 2.38. The van der Waals surface area contributed by atoms with Gasteiger partial charge >= 0.3 is 0 Å². The molecule has 2 aromatic carbocycles. The summed E-state index contributed by atoms with van der Waals surface area (Å²) in [5, 5.41) is 9.32. The number of ether oxygens (including phenoxy) is 2. The molecule has 0 aliphatic carbocycles. The first-order valence-electron chi connectivity index (χ1n) is 15.7. The Balaban J connectivity index is 0.00000185. The highest BCUT2D eigenvalue weighted by Crippen LogP contribution is 2.39. The van der Waals surface area contributed by atoms with E-state index < -0.39 is 0 Å². The molecule has 0 aromatic heterocycles. The van der Waals surface area contributed by atoms with Crippen LogP contribution in [0.15, 0.2) is 83.0 Å². The molecule has 0 amide bonds. The van der Waals surface area contributed by atoms with E-state index in [1.165, 1.54) is 6.26 Å². The minimum atomic E-state index is -0.314. The van der Waals surface area contributed by atoms with E-state index in [9.17, 15) is 3.89 Å². The second kappa shape index (κ2) is 18.2. The summed E-state index contributed by atoms with van der Waals surface area (Å²) in [6.45, 7) is 18.2. The smallest absolute Gasteiger partial charge is 0.161 e. The molecule has 7 nitrogen and oxygen atoms in total. The predicted octanol–water partition coefficient (Wildman–Crippen LogP) is 9.71. The highest BCUT2D eigenvalue weighted by Gasteiger charge is 2.28. The minimum absolute atomic E-state index is 0.250. The van der Waals surface area contributed by atoms with Crippen molar-refractivity contribution < 1.29 is 17.7 Å². The van der Waals surface area contributed by atoms with Crippen LogP contribution in [0.3, 0.4) is 0 Å². The molecule has 1 N–H and O–H groups in total. The van der Waals surface area contributed by atoms with Crippen molar-refractivity contribution in [2.75, 3.05) is 36.2 Å². The lowest BCUT2D eigenvalue weighted by atomic mass is 10.0. The number of nitrogens with zero attached hydrogens (tertiary/aromatic N) is 4. The second-order valence-electron chi connectivity index (χ2n) is 11.1. The van der Waals surface area contributed by atoms with Crippen molar-refractivity contribution in [2.24, 2.45) is 16.0 Å². The number of halogens is 2. The van der Waals surface area contributed by atoms with Gasteiger partial charge in [0.05, 0.1) is 17.9 Å². The van der Waals surface area contributed by atoms with Gasteiger partial charge in [0.1, 0.15) is 28.8 Å². The highest BCUT2D eigenvalue weighted by molar-refractivity contribution is 7.93. The number of nitrogens with one attached hydrogen (secondary N) is 1. The van der Waals surface area contributed by atoms with Crippen LogP contribution < -0.4 is 19.7 Å². The summed E-state index contributed by atoms with van der Waals surface area (Å²) >= 11 is 0.250. The number of benzene rings is 2. The fourth-order valence-electron chi connectivity index (χ4n) is 5.05. The first-order chi connectivity index (χ1) is 22.2. The monoisotopic (exact) mass is 651 g/mol. The number of amidine groups is 1. The number of hydrazone groups is 1. The molecule has 46 heavy (non-hydrogen) atoms. The first-order valence-corrected chi connectivity index (χ1v) is 16.8. The maximum atomic E-state index is 16.7. The van der Waals surface area contributed by atoms with E-state index in [2.05, 4.69) is 35.7 Å². The van der Waals surface area contributed by atoms with E-state index in [0.717, 1.165) is 49.2 Å². The topological polar surface area (TPSA) is 61.7 Å². The number of fused-ring (bicyclic) bond motifs is 1. The summed E-state index contributed by atoms with van der Waals surface area (Å²) in [5.41, 5.74) is 4.11. The lowest BCUT2D eigenvalue weighted by Gasteiger charge is -2.27. The van der Waals surface area contributed by atoms with Gasteiger partial charge in [-0.3, -0.25) is 0 Å². The van der Waals surface area contributed by atoms with Crippen molar-refractivity contribution in [3.8, 4) is 11.5 Å². The van der Waals surface area contributed by atoms with Crippen molar-refractivity contribution >= 4 is 35.6 Å². The Hall–Kier alpha value is -4.05. The van der Waals surface area contributed by atoms with Crippen LogP contribution in [-0.4, -0.2) is 43.0 Å². The van der Waals surface area contributed by atoms with Crippen molar-refractivity contribution in [1.29, 1.82) is 0 Å². The molecule has 1 atom stereocenters. The normalized spacial score (nSPS) is 16.5. The zero-order valence-corrected chi connectivity index (χ0v) is 28.9. The first kappa shape index (κ1) is 36.4. The lowest BCUT2D eigenvalue weighted by Crippen LogP contribution is -2.30. The zero-order chi connectivity index (χ0) is 33.6. The second-order valence-corrected chi connectivity index (χ2v) is 11.5. The maximum absolute atomic E-state index is 16.7. The predicted molar refractivity (Wildman–Crippen MR) is 191 cm³/mol. The van der Waals surface area contributed by atoms with Crippen LogP contribution in [0.2, 0.25) is 0 Å². The van der Waals surface area contributed by atoms with Crippen molar-refractivity contribution in [2.45, 2.75) is 60.8 Å². The Kier molecular flexibility index (Phi) is 14.4.